The summed E-state index contributed by atoms with van der Waals surface area (Å²) in [6.07, 6.45) is 0.308. The molecule has 8 nitrogen and oxygen atoms in total. The van der Waals surface area contributed by atoms with Crippen LogP contribution in [0.25, 0.3) is 0 Å². The third-order valence-corrected chi connectivity index (χ3v) is 10.5. The quantitative estimate of drug-likeness (QED) is 0.385. The van der Waals surface area contributed by atoms with Crippen molar-refractivity contribution in [2.75, 3.05) is 75.5 Å². The first-order valence-corrected chi connectivity index (χ1v) is 15.4. The molecular formula is C23H36O8S3. The van der Waals surface area contributed by atoms with E-state index in [9.17, 15) is 9.59 Å². The Morgan fingerprint density at radius 1 is 0.794 bits per heavy atom. The number of thioether (sulfide) groups is 3. The fourth-order valence-corrected chi connectivity index (χ4v) is 9.32. The second-order valence-corrected chi connectivity index (χ2v) is 12.4. The van der Waals surface area contributed by atoms with Crippen molar-refractivity contribution in [2.45, 2.75) is 30.8 Å². The largest absolute Gasteiger partial charge is 0.359 e. The summed E-state index contributed by atoms with van der Waals surface area (Å²) < 4.78 is 35.9. The van der Waals surface area contributed by atoms with Crippen LogP contribution in [-0.4, -0.2) is 105 Å². The Hall–Kier alpha value is 0.150. The van der Waals surface area contributed by atoms with E-state index in [0.29, 0.717) is 26.1 Å². The van der Waals surface area contributed by atoms with Gasteiger partial charge >= 0.3 is 0 Å². The first kappa shape index (κ1) is 27.2. The number of rotatable bonds is 10. The lowest BCUT2D eigenvalue weighted by Crippen LogP contribution is -2.63. The molecule has 11 heteroatoms. The molecule has 4 heterocycles. The van der Waals surface area contributed by atoms with Crippen LogP contribution < -0.4 is 0 Å². The first-order chi connectivity index (χ1) is 16.6. The Balaban J connectivity index is 1.67. The van der Waals surface area contributed by atoms with E-state index in [4.69, 9.17) is 28.4 Å². The summed E-state index contributed by atoms with van der Waals surface area (Å²) in [7, 11) is 3.18. The van der Waals surface area contributed by atoms with E-state index in [2.05, 4.69) is 0 Å². The zero-order chi connectivity index (χ0) is 24.0. The lowest BCUT2D eigenvalue weighted by molar-refractivity contribution is -0.279. The topological polar surface area (TPSA) is 89.5 Å². The summed E-state index contributed by atoms with van der Waals surface area (Å²) >= 11 is 5.36. The van der Waals surface area contributed by atoms with Crippen molar-refractivity contribution in [1.29, 1.82) is 0 Å². The predicted molar refractivity (Wildman–Crippen MR) is 133 cm³/mol. The molecule has 4 saturated heterocycles. The number of ether oxygens (including phenoxy) is 6. The number of methoxy groups -OCH3 is 2. The average molecular weight is 537 g/mol. The minimum Gasteiger partial charge on any atom is -0.359 e. The molecule has 6 atom stereocenters. The summed E-state index contributed by atoms with van der Waals surface area (Å²) in [4.78, 5) is 26.0. The lowest BCUT2D eigenvalue weighted by Gasteiger charge is -2.51. The number of hydrogen-bond acceptors (Lipinski definition) is 11. The summed E-state index contributed by atoms with van der Waals surface area (Å²) in [5.74, 6) is 3.22. The molecule has 0 radical (unpaired) electrons. The molecule has 4 fully saturated rings. The van der Waals surface area contributed by atoms with E-state index in [0.717, 1.165) is 34.5 Å². The maximum atomic E-state index is 13.0. The molecule has 0 unspecified atom stereocenters. The zero-order valence-corrected chi connectivity index (χ0v) is 22.4. The van der Waals surface area contributed by atoms with Crippen molar-refractivity contribution >= 4 is 46.9 Å². The van der Waals surface area contributed by atoms with Crippen molar-refractivity contribution in [3.8, 4) is 0 Å². The van der Waals surface area contributed by atoms with E-state index in [1.54, 1.807) is 49.5 Å². The molecule has 4 rings (SSSR count). The van der Waals surface area contributed by atoms with Gasteiger partial charge in [0, 0.05) is 73.4 Å². The second kappa shape index (κ2) is 13.1. The van der Waals surface area contributed by atoms with Crippen LogP contribution in [0.15, 0.2) is 0 Å². The predicted octanol–water partition coefficient (Wildman–Crippen LogP) is 2.33. The van der Waals surface area contributed by atoms with Crippen molar-refractivity contribution in [3.63, 3.8) is 0 Å². The molecule has 0 bridgehead atoms. The third-order valence-electron chi connectivity index (χ3n) is 7.12. The molecule has 0 saturated carbocycles. The highest BCUT2D eigenvalue weighted by Gasteiger charge is 2.61. The van der Waals surface area contributed by atoms with Crippen LogP contribution in [-0.2, 0) is 38.0 Å². The monoisotopic (exact) mass is 536 g/mol. The SMILES string of the molecule is COCO[C@H]([C@H]1CSC[C@@H]([C@H](OCOC)[C@@H]2CSCCC2=O)C12OCCO2)[C@H]1CSCCC1=O. The molecule has 0 N–H and O–H groups in total. The van der Waals surface area contributed by atoms with E-state index < -0.39 is 18.0 Å². The van der Waals surface area contributed by atoms with Gasteiger partial charge in [-0.1, -0.05) is 0 Å². The van der Waals surface area contributed by atoms with Gasteiger partial charge in [0.05, 0.1) is 37.3 Å². The van der Waals surface area contributed by atoms with Gasteiger partial charge in [-0.25, -0.2) is 0 Å². The second-order valence-electron chi connectivity index (χ2n) is 9.04. The van der Waals surface area contributed by atoms with Crippen molar-refractivity contribution in [3.05, 3.63) is 0 Å². The fourth-order valence-electron chi connectivity index (χ4n) is 5.55. The highest BCUT2D eigenvalue weighted by molar-refractivity contribution is 7.99. The van der Waals surface area contributed by atoms with Crippen LogP contribution in [0.4, 0.5) is 0 Å². The van der Waals surface area contributed by atoms with Crippen molar-refractivity contribution in [1.82, 2.24) is 0 Å². The third kappa shape index (κ3) is 5.83. The maximum absolute atomic E-state index is 13.0. The number of ketones is 2. The molecule has 0 amide bonds. The molecule has 0 aromatic rings. The van der Waals surface area contributed by atoms with Crippen LogP contribution >= 0.6 is 35.3 Å². The number of carbonyl (C=O) groups excluding carboxylic acids is 2. The molecule has 1 spiro atoms. The van der Waals surface area contributed by atoms with Crippen LogP contribution in [0.1, 0.15) is 12.8 Å². The molecule has 194 valence electrons. The van der Waals surface area contributed by atoms with Crippen LogP contribution in [0.3, 0.4) is 0 Å². The van der Waals surface area contributed by atoms with Crippen LogP contribution in [0.5, 0.6) is 0 Å². The average Bonchev–Trinajstić information content (AvgIpc) is 3.33. The maximum Gasteiger partial charge on any atom is 0.180 e. The number of hydrogen-bond donors (Lipinski definition) is 0. The zero-order valence-electron chi connectivity index (χ0n) is 19.9. The molecule has 0 aliphatic carbocycles. The summed E-state index contributed by atoms with van der Waals surface area (Å²) in [6, 6.07) is 0. The van der Waals surface area contributed by atoms with Gasteiger partial charge in [0.25, 0.3) is 0 Å². The Kier molecular flexibility index (Phi) is 10.5. The fraction of sp³-hybridized carbons (Fsp3) is 0.913. The van der Waals surface area contributed by atoms with Gasteiger partial charge in [0.15, 0.2) is 5.79 Å². The molecular weight excluding hydrogens is 500 g/mol. The van der Waals surface area contributed by atoms with E-state index >= 15 is 0 Å². The highest BCUT2D eigenvalue weighted by atomic mass is 32.2. The van der Waals surface area contributed by atoms with Gasteiger partial charge in [-0.3, -0.25) is 9.59 Å². The minimum absolute atomic E-state index is 0.0996. The van der Waals surface area contributed by atoms with Gasteiger partial charge in [0.2, 0.25) is 0 Å². The first-order valence-electron chi connectivity index (χ1n) is 11.9. The van der Waals surface area contributed by atoms with Gasteiger partial charge in [-0.2, -0.15) is 35.3 Å². The van der Waals surface area contributed by atoms with E-state index in [-0.39, 0.29) is 48.8 Å². The number of carbonyl (C=O) groups is 2. The smallest absolute Gasteiger partial charge is 0.180 e. The van der Waals surface area contributed by atoms with E-state index in [1.807, 2.05) is 0 Å². The van der Waals surface area contributed by atoms with Gasteiger partial charge < -0.3 is 28.4 Å². The van der Waals surface area contributed by atoms with Crippen molar-refractivity contribution in [2.24, 2.45) is 23.7 Å². The van der Waals surface area contributed by atoms with E-state index in [1.165, 1.54) is 0 Å². The van der Waals surface area contributed by atoms with Gasteiger partial charge in [-0.05, 0) is 0 Å². The normalized spacial score (nSPS) is 33.8. The minimum atomic E-state index is -0.979. The Bertz CT molecular complexity index is 639. The van der Waals surface area contributed by atoms with Gasteiger partial charge in [-0.15, -0.1) is 0 Å². The molecule has 0 aromatic carbocycles. The summed E-state index contributed by atoms with van der Waals surface area (Å²) in [5, 5.41) is 0. The molecule has 0 aromatic heterocycles. The van der Waals surface area contributed by atoms with Crippen LogP contribution in [0, 0.1) is 23.7 Å². The Labute approximate surface area is 214 Å². The lowest BCUT2D eigenvalue weighted by atomic mass is 9.74. The molecule has 4 aliphatic heterocycles. The summed E-state index contributed by atoms with van der Waals surface area (Å²) in [5.41, 5.74) is 0. The van der Waals surface area contributed by atoms with Gasteiger partial charge in [0.1, 0.15) is 25.2 Å². The molecule has 34 heavy (non-hydrogen) atoms. The standard InChI is InChI=1S/C23H36O8S3/c1-26-13-28-21(15-9-32-7-3-19(15)24)17-11-34-12-18(23(17)30-5-6-31-23)22(29-14-27-2)16-10-33-8-4-20(16)25/h15-18,21-22H,3-14H2,1-2H3/t15-,16+,17+,18-,21-,22+. The molecule has 4 aliphatic rings. The highest BCUT2D eigenvalue weighted by Crippen LogP contribution is 2.50. The number of Topliss-reactive ketones (excluding diaryl/α,β-unsaturated/α-hetero) is 2. The van der Waals surface area contributed by atoms with Crippen molar-refractivity contribution < 1.29 is 38.0 Å². The van der Waals surface area contributed by atoms with Crippen LogP contribution in [0.2, 0.25) is 0 Å². The Morgan fingerprint density at radius 2 is 1.26 bits per heavy atom. The Morgan fingerprint density at radius 3 is 1.68 bits per heavy atom. The summed E-state index contributed by atoms with van der Waals surface area (Å²) in [6.45, 7) is 1.13.